The summed E-state index contributed by atoms with van der Waals surface area (Å²) in [4.78, 5) is 25.0. The van der Waals surface area contributed by atoms with Gasteiger partial charge in [0.2, 0.25) is 0 Å². The van der Waals surface area contributed by atoms with Crippen LogP contribution in [0.3, 0.4) is 0 Å². The normalized spacial score (nSPS) is 17.8. The zero-order chi connectivity index (χ0) is 16.8. The van der Waals surface area contributed by atoms with Crippen molar-refractivity contribution in [1.29, 1.82) is 0 Å². The van der Waals surface area contributed by atoms with Crippen molar-refractivity contribution in [2.75, 3.05) is 13.2 Å². The first kappa shape index (κ1) is 17.6. The van der Waals surface area contributed by atoms with Gasteiger partial charge in [-0.1, -0.05) is 17.7 Å². The minimum atomic E-state index is -0.825. The maximum atomic E-state index is 12.4. The number of benzene rings is 1. The van der Waals surface area contributed by atoms with E-state index in [9.17, 15) is 9.59 Å². The van der Waals surface area contributed by atoms with Crippen LogP contribution < -0.4 is 4.74 Å². The number of carbonyl (C=O) groups is 2. The van der Waals surface area contributed by atoms with E-state index in [2.05, 4.69) is 0 Å². The smallest absolute Gasteiger partial charge is 0.303 e. The molecule has 5 nitrogen and oxygen atoms in total. The molecule has 1 amide bonds. The number of amides is 1. The third-order valence-corrected chi connectivity index (χ3v) is 4.62. The van der Waals surface area contributed by atoms with E-state index in [1.54, 1.807) is 23.1 Å². The van der Waals surface area contributed by atoms with E-state index < -0.39 is 5.97 Å². The minimum Gasteiger partial charge on any atom is -0.483 e. The van der Waals surface area contributed by atoms with Gasteiger partial charge in [-0.05, 0) is 44.7 Å². The number of carboxylic acids is 1. The van der Waals surface area contributed by atoms with Gasteiger partial charge in [0.15, 0.2) is 6.61 Å². The van der Waals surface area contributed by atoms with Gasteiger partial charge in [-0.2, -0.15) is 0 Å². The van der Waals surface area contributed by atoms with Crippen LogP contribution >= 0.6 is 11.6 Å². The highest BCUT2D eigenvalue weighted by Crippen LogP contribution is 2.26. The third kappa shape index (κ3) is 4.86. The number of likely N-dealkylation sites (tertiary alicyclic amines) is 1. The zero-order valence-electron chi connectivity index (χ0n) is 13.3. The highest BCUT2D eigenvalue weighted by atomic mass is 35.5. The standard InChI is InChI=1S/C17H22ClNO4/c1-12-14(18)6-4-7-15(12)23-11-16(20)19-10-3-2-5-13(19)8-9-17(21)22/h4,6-7,13H,2-3,5,8-11H2,1H3,(H,21,22). The van der Waals surface area contributed by atoms with E-state index in [4.69, 9.17) is 21.4 Å². The SMILES string of the molecule is Cc1c(Cl)cccc1OCC(=O)N1CCCCC1CCC(=O)O. The van der Waals surface area contributed by atoms with Gasteiger partial charge in [-0.25, -0.2) is 0 Å². The monoisotopic (exact) mass is 339 g/mol. The Morgan fingerprint density at radius 2 is 2.17 bits per heavy atom. The van der Waals surface area contributed by atoms with Gasteiger partial charge < -0.3 is 14.7 Å². The van der Waals surface area contributed by atoms with Gasteiger partial charge in [0, 0.05) is 29.6 Å². The highest BCUT2D eigenvalue weighted by Gasteiger charge is 2.27. The first-order chi connectivity index (χ1) is 11.0. The van der Waals surface area contributed by atoms with Crippen LogP contribution in [0.1, 0.15) is 37.7 Å². The van der Waals surface area contributed by atoms with Crippen LogP contribution in [-0.2, 0) is 9.59 Å². The first-order valence-electron chi connectivity index (χ1n) is 7.88. The first-order valence-corrected chi connectivity index (χ1v) is 8.26. The van der Waals surface area contributed by atoms with Crippen LogP contribution in [0, 0.1) is 6.92 Å². The van der Waals surface area contributed by atoms with E-state index in [0.29, 0.717) is 23.7 Å². The molecule has 2 rings (SSSR count). The number of rotatable bonds is 6. The van der Waals surface area contributed by atoms with Gasteiger partial charge in [0.1, 0.15) is 5.75 Å². The summed E-state index contributed by atoms with van der Waals surface area (Å²) >= 11 is 6.04. The van der Waals surface area contributed by atoms with Crippen molar-refractivity contribution in [3.05, 3.63) is 28.8 Å². The molecule has 0 aliphatic carbocycles. The van der Waals surface area contributed by atoms with Crippen LogP contribution in [0.2, 0.25) is 5.02 Å². The molecule has 6 heteroatoms. The number of hydrogen-bond donors (Lipinski definition) is 1. The Balaban J connectivity index is 1.94. The lowest BCUT2D eigenvalue weighted by atomic mass is 9.98. The molecule has 1 aliphatic heterocycles. The average molecular weight is 340 g/mol. The number of carbonyl (C=O) groups excluding carboxylic acids is 1. The molecule has 1 unspecified atom stereocenters. The summed E-state index contributed by atoms with van der Waals surface area (Å²) in [6.45, 7) is 2.46. The molecule has 0 aromatic heterocycles. The highest BCUT2D eigenvalue weighted by molar-refractivity contribution is 6.31. The van der Waals surface area contributed by atoms with Crippen molar-refractivity contribution in [3.8, 4) is 5.75 Å². The topological polar surface area (TPSA) is 66.8 Å². The Morgan fingerprint density at radius 3 is 2.91 bits per heavy atom. The quantitative estimate of drug-likeness (QED) is 0.863. The van der Waals surface area contributed by atoms with Gasteiger partial charge in [0.25, 0.3) is 5.91 Å². The summed E-state index contributed by atoms with van der Waals surface area (Å²) in [5, 5.41) is 9.44. The van der Waals surface area contributed by atoms with E-state index in [1.807, 2.05) is 6.92 Å². The summed E-state index contributed by atoms with van der Waals surface area (Å²) < 4.78 is 5.61. The molecule has 0 spiro atoms. The average Bonchev–Trinajstić information content (AvgIpc) is 2.54. The molecule has 1 N–H and O–H groups in total. The fourth-order valence-electron chi connectivity index (χ4n) is 2.89. The van der Waals surface area contributed by atoms with Crippen molar-refractivity contribution in [2.24, 2.45) is 0 Å². The minimum absolute atomic E-state index is 0.00333. The molecule has 0 saturated carbocycles. The molecule has 1 aliphatic rings. The summed E-state index contributed by atoms with van der Waals surface area (Å²) in [5.41, 5.74) is 0.808. The Labute approximate surface area is 141 Å². The van der Waals surface area contributed by atoms with Crippen molar-refractivity contribution in [3.63, 3.8) is 0 Å². The number of piperidine rings is 1. The molecule has 126 valence electrons. The van der Waals surface area contributed by atoms with Crippen LogP contribution in [0.5, 0.6) is 5.75 Å². The number of ether oxygens (including phenoxy) is 1. The van der Waals surface area contributed by atoms with Crippen LogP contribution in [0.25, 0.3) is 0 Å². The molecule has 0 radical (unpaired) electrons. The third-order valence-electron chi connectivity index (χ3n) is 4.21. The van der Waals surface area contributed by atoms with Crippen molar-refractivity contribution >= 4 is 23.5 Å². The number of aliphatic carboxylic acids is 1. The van der Waals surface area contributed by atoms with E-state index >= 15 is 0 Å². The number of carboxylic acid groups (broad SMARTS) is 1. The van der Waals surface area contributed by atoms with Gasteiger partial charge in [-0.15, -0.1) is 0 Å². The molecular weight excluding hydrogens is 318 g/mol. The predicted molar refractivity (Wildman–Crippen MR) is 87.9 cm³/mol. The molecule has 1 atom stereocenters. The predicted octanol–water partition coefficient (Wildman–Crippen LogP) is 3.27. The van der Waals surface area contributed by atoms with E-state index in [1.165, 1.54) is 0 Å². The lowest BCUT2D eigenvalue weighted by molar-refractivity contribution is -0.141. The Kier molecular flexibility index (Phi) is 6.28. The Hall–Kier alpha value is -1.75. The second kappa shape index (κ2) is 8.20. The molecule has 23 heavy (non-hydrogen) atoms. The molecule has 0 bridgehead atoms. The maximum absolute atomic E-state index is 12.4. The fraction of sp³-hybridized carbons (Fsp3) is 0.529. The van der Waals surface area contributed by atoms with Gasteiger partial charge in [-0.3, -0.25) is 9.59 Å². The summed E-state index contributed by atoms with van der Waals surface area (Å²) in [5.74, 6) is -0.321. The van der Waals surface area contributed by atoms with E-state index in [-0.39, 0.29) is 25.0 Å². The molecule has 1 fully saturated rings. The molecule has 1 saturated heterocycles. The fourth-order valence-corrected chi connectivity index (χ4v) is 3.05. The van der Waals surface area contributed by atoms with Crippen molar-refractivity contribution < 1.29 is 19.4 Å². The van der Waals surface area contributed by atoms with Gasteiger partial charge >= 0.3 is 5.97 Å². The Morgan fingerprint density at radius 1 is 1.39 bits per heavy atom. The number of hydrogen-bond acceptors (Lipinski definition) is 3. The lowest BCUT2D eigenvalue weighted by Crippen LogP contribution is -2.46. The van der Waals surface area contributed by atoms with Crippen molar-refractivity contribution in [1.82, 2.24) is 4.90 Å². The zero-order valence-corrected chi connectivity index (χ0v) is 14.0. The summed E-state index contributed by atoms with van der Waals surface area (Å²) in [6, 6.07) is 5.34. The molecule has 1 heterocycles. The van der Waals surface area contributed by atoms with Crippen molar-refractivity contribution in [2.45, 2.75) is 45.1 Å². The number of halogens is 1. The number of nitrogens with zero attached hydrogens (tertiary/aromatic N) is 1. The molecule has 1 aromatic rings. The van der Waals surface area contributed by atoms with Crippen LogP contribution in [0.4, 0.5) is 0 Å². The molecule has 1 aromatic carbocycles. The Bertz CT molecular complexity index is 576. The van der Waals surface area contributed by atoms with Crippen LogP contribution in [-0.4, -0.2) is 41.1 Å². The van der Waals surface area contributed by atoms with Crippen LogP contribution in [0.15, 0.2) is 18.2 Å². The summed E-state index contributed by atoms with van der Waals surface area (Å²) in [6.07, 6.45) is 3.42. The molecular formula is C17H22ClNO4. The second-order valence-electron chi connectivity index (χ2n) is 5.82. The van der Waals surface area contributed by atoms with E-state index in [0.717, 1.165) is 24.8 Å². The largest absolute Gasteiger partial charge is 0.483 e. The van der Waals surface area contributed by atoms with Gasteiger partial charge in [0.05, 0.1) is 0 Å². The summed E-state index contributed by atoms with van der Waals surface area (Å²) in [7, 11) is 0. The maximum Gasteiger partial charge on any atom is 0.303 e. The second-order valence-corrected chi connectivity index (χ2v) is 6.23. The lowest BCUT2D eigenvalue weighted by Gasteiger charge is -2.35.